The summed E-state index contributed by atoms with van der Waals surface area (Å²) in [7, 11) is 0. The Labute approximate surface area is 107 Å². The van der Waals surface area contributed by atoms with Crippen LogP contribution in [0.3, 0.4) is 0 Å². The van der Waals surface area contributed by atoms with Gasteiger partial charge in [0.25, 0.3) is 0 Å². The van der Waals surface area contributed by atoms with Gasteiger partial charge in [-0.1, -0.05) is 29.8 Å². The third-order valence-electron chi connectivity index (χ3n) is 3.32. The van der Waals surface area contributed by atoms with Crippen LogP contribution in [0, 0.1) is 18.3 Å². The summed E-state index contributed by atoms with van der Waals surface area (Å²) >= 11 is 0. The normalized spacial score (nSPS) is 21.0. The Hall–Kier alpha value is -1.66. The summed E-state index contributed by atoms with van der Waals surface area (Å²) < 4.78 is 5.47. The summed E-state index contributed by atoms with van der Waals surface area (Å²) in [6.07, 6.45) is 2.35. The topological polar surface area (TPSA) is 50.1 Å². The molecule has 3 heteroatoms. The number of aryl methyl sites for hydroxylation is 1. The van der Waals surface area contributed by atoms with E-state index in [0.29, 0.717) is 6.61 Å². The lowest BCUT2D eigenvalue weighted by Gasteiger charge is -2.23. The molecule has 1 aromatic rings. The molecule has 1 aliphatic rings. The van der Waals surface area contributed by atoms with Crippen molar-refractivity contribution in [1.82, 2.24) is 0 Å². The van der Waals surface area contributed by atoms with E-state index in [9.17, 15) is 10.1 Å². The van der Waals surface area contributed by atoms with Crippen molar-refractivity contribution in [3.05, 3.63) is 35.4 Å². The molecule has 1 heterocycles. The molecule has 1 fully saturated rings. The van der Waals surface area contributed by atoms with E-state index in [1.807, 2.05) is 31.2 Å². The van der Waals surface area contributed by atoms with E-state index >= 15 is 0 Å². The van der Waals surface area contributed by atoms with Crippen molar-refractivity contribution in [2.75, 3.05) is 6.61 Å². The highest BCUT2D eigenvalue weighted by Crippen LogP contribution is 2.23. The predicted octanol–water partition coefficient (Wildman–Crippen LogP) is 2.74. The van der Waals surface area contributed by atoms with Crippen LogP contribution in [0.4, 0.5) is 0 Å². The first-order valence-corrected chi connectivity index (χ1v) is 6.34. The first-order valence-electron chi connectivity index (χ1n) is 6.34. The molecule has 1 aliphatic heterocycles. The van der Waals surface area contributed by atoms with Gasteiger partial charge in [0.05, 0.1) is 6.07 Å². The Kier molecular flexibility index (Phi) is 4.11. The second-order valence-electron chi connectivity index (χ2n) is 4.73. The monoisotopic (exact) mass is 243 g/mol. The Morgan fingerprint density at radius 2 is 2.11 bits per heavy atom. The molecule has 0 N–H and O–H groups in total. The smallest absolute Gasteiger partial charge is 0.183 e. The molecule has 0 aliphatic carbocycles. The molecule has 3 nitrogen and oxygen atoms in total. The molecule has 1 saturated heterocycles. The summed E-state index contributed by atoms with van der Waals surface area (Å²) in [6.45, 7) is 2.61. The average molecular weight is 243 g/mol. The number of Topliss-reactive ketones (excluding diaryl/α,β-unsaturated/α-hetero) is 1. The van der Waals surface area contributed by atoms with Gasteiger partial charge in [-0.15, -0.1) is 0 Å². The van der Waals surface area contributed by atoms with Crippen LogP contribution < -0.4 is 0 Å². The van der Waals surface area contributed by atoms with E-state index in [2.05, 4.69) is 6.07 Å². The third-order valence-corrected chi connectivity index (χ3v) is 3.32. The number of ketones is 1. The van der Waals surface area contributed by atoms with Crippen molar-refractivity contribution in [1.29, 1.82) is 5.26 Å². The van der Waals surface area contributed by atoms with Crippen LogP contribution in [0.2, 0.25) is 0 Å². The zero-order valence-electron chi connectivity index (χ0n) is 10.6. The molecule has 0 amide bonds. The van der Waals surface area contributed by atoms with E-state index in [1.54, 1.807) is 0 Å². The summed E-state index contributed by atoms with van der Waals surface area (Å²) in [5.74, 6) is -0.797. The third kappa shape index (κ3) is 2.77. The van der Waals surface area contributed by atoms with E-state index in [4.69, 9.17) is 4.74 Å². The number of carbonyl (C=O) groups excluding carboxylic acids is 1. The van der Waals surface area contributed by atoms with Gasteiger partial charge in [0.1, 0.15) is 12.0 Å². The number of nitriles is 1. The number of hydrogen-bond donors (Lipinski definition) is 0. The molecule has 1 aromatic carbocycles. The Balaban J connectivity index is 2.15. The number of benzene rings is 1. The van der Waals surface area contributed by atoms with Gasteiger partial charge in [0.15, 0.2) is 5.78 Å². The van der Waals surface area contributed by atoms with Gasteiger partial charge in [-0.05, 0) is 31.7 Å². The van der Waals surface area contributed by atoms with Gasteiger partial charge in [0.2, 0.25) is 0 Å². The Morgan fingerprint density at radius 1 is 1.39 bits per heavy atom. The zero-order chi connectivity index (χ0) is 13.0. The van der Waals surface area contributed by atoms with E-state index in [-0.39, 0.29) is 5.78 Å². The van der Waals surface area contributed by atoms with E-state index in [0.717, 1.165) is 30.4 Å². The Morgan fingerprint density at radius 3 is 2.67 bits per heavy atom. The lowest BCUT2D eigenvalue weighted by atomic mass is 9.90. The largest absolute Gasteiger partial charge is 0.370 e. The highest BCUT2D eigenvalue weighted by atomic mass is 16.5. The van der Waals surface area contributed by atoms with Crippen LogP contribution in [-0.4, -0.2) is 18.5 Å². The first kappa shape index (κ1) is 12.8. The molecule has 94 valence electrons. The van der Waals surface area contributed by atoms with Crippen molar-refractivity contribution < 1.29 is 9.53 Å². The number of hydrogen-bond acceptors (Lipinski definition) is 3. The highest BCUT2D eigenvalue weighted by molar-refractivity contribution is 5.92. The summed E-state index contributed by atoms with van der Waals surface area (Å²) in [5, 5.41) is 9.22. The fourth-order valence-corrected chi connectivity index (χ4v) is 2.21. The number of carbonyl (C=O) groups is 1. The fourth-order valence-electron chi connectivity index (χ4n) is 2.21. The molecule has 0 radical (unpaired) electrons. The molecule has 0 spiro atoms. The molecule has 18 heavy (non-hydrogen) atoms. The van der Waals surface area contributed by atoms with Gasteiger partial charge in [0, 0.05) is 6.61 Å². The molecular formula is C15H17NO2. The van der Waals surface area contributed by atoms with Crippen LogP contribution in [0.15, 0.2) is 24.3 Å². The maximum Gasteiger partial charge on any atom is 0.183 e. The quantitative estimate of drug-likeness (QED) is 0.820. The summed E-state index contributed by atoms with van der Waals surface area (Å²) in [5.41, 5.74) is 1.89. The SMILES string of the molecule is Cc1ccc(C(C#N)C(=O)C2CCCCO2)cc1. The van der Waals surface area contributed by atoms with Crippen molar-refractivity contribution >= 4 is 5.78 Å². The van der Waals surface area contributed by atoms with Crippen LogP contribution >= 0.6 is 0 Å². The van der Waals surface area contributed by atoms with Gasteiger partial charge in [-0.25, -0.2) is 0 Å². The standard InChI is InChI=1S/C15H17NO2/c1-11-5-7-12(8-6-11)13(10-16)15(17)14-4-2-3-9-18-14/h5-8,13-14H,2-4,9H2,1H3. The van der Waals surface area contributed by atoms with Gasteiger partial charge >= 0.3 is 0 Å². The number of nitrogens with zero attached hydrogens (tertiary/aromatic N) is 1. The molecule has 2 atom stereocenters. The van der Waals surface area contributed by atoms with Crippen molar-refractivity contribution in [2.45, 2.75) is 38.2 Å². The summed E-state index contributed by atoms with van der Waals surface area (Å²) in [6, 6.07) is 9.66. The van der Waals surface area contributed by atoms with Gasteiger partial charge in [-0.2, -0.15) is 5.26 Å². The highest BCUT2D eigenvalue weighted by Gasteiger charge is 2.30. The summed E-state index contributed by atoms with van der Waals surface area (Å²) in [4.78, 5) is 12.3. The zero-order valence-corrected chi connectivity index (χ0v) is 10.6. The van der Waals surface area contributed by atoms with Gasteiger partial charge < -0.3 is 4.74 Å². The van der Waals surface area contributed by atoms with Crippen LogP contribution in [-0.2, 0) is 9.53 Å². The first-order chi connectivity index (χ1) is 8.72. The van der Waals surface area contributed by atoms with Crippen LogP contribution in [0.25, 0.3) is 0 Å². The molecule has 0 aromatic heterocycles. The van der Waals surface area contributed by atoms with Crippen LogP contribution in [0.5, 0.6) is 0 Å². The number of rotatable bonds is 3. The molecule has 0 bridgehead atoms. The van der Waals surface area contributed by atoms with E-state index < -0.39 is 12.0 Å². The molecule has 2 unspecified atom stereocenters. The average Bonchev–Trinajstić information content (AvgIpc) is 2.42. The second-order valence-corrected chi connectivity index (χ2v) is 4.73. The minimum Gasteiger partial charge on any atom is -0.370 e. The lowest BCUT2D eigenvalue weighted by molar-refractivity contribution is -0.133. The van der Waals surface area contributed by atoms with Gasteiger partial charge in [-0.3, -0.25) is 4.79 Å². The van der Waals surface area contributed by atoms with Crippen molar-refractivity contribution in [3.63, 3.8) is 0 Å². The maximum absolute atomic E-state index is 12.3. The molecule has 2 rings (SSSR count). The fraction of sp³-hybridized carbons (Fsp3) is 0.467. The maximum atomic E-state index is 12.3. The van der Waals surface area contributed by atoms with Crippen molar-refractivity contribution in [3.8, 4) is 6.07 Å². The number of ether oxygens (including phenoxy) is 1. The Bertz CT molecular complexity index is 452. The molecular weight excluding hydrogens is 226 g/mol. The minimum absolute atomic E-state index is 0.0962. The second kappa shape index (κ2) is 5.79. The minimum atomic E-state index is -0.700. The predicted molar refractivity (Wildman–Crippen MR) is 68.1 cm³/mol. The molecule has 0 saturated carbocycles. The van der Waals surface area contributed by atoms with Crippen LogP contribution in [0.1, 0.15) is 36.3 Å². The van der Waals surface area contributed by atoms with Crippen molar-refractivity contribution in [2.24, 2.45) is 0 Å². The van der Waals surface area contributed by atoms with E-state index in [1.165, 1.54) is 0 Å². The lowest BCUT2D eigenvalue weighted by Crippen LogP contribution is -2.32.